The van der Waals surface area contributed by atoms with Crippen LogP contribution in [-0.2, 0) is 6.61 Å². The maximum atomic E-state index is 11.9. The third-order valence-corrected chi connectivity index (χ3v) is 4.46. The molecule has 1 heterocycles. The molecule has 0 saturated carbocycles. The lowest BCUT2D eigenvalue weighted by molar-refractivity contribution is -0.498. The van der Waals surface area contributed by atoms with Gasteiger partial charge in [0, 0.05) is 15.3 Å². The molecule has 2 amide bonds. The minimum atomic E-state index is -0.156. The molecule has 5 nitrogen and oxygen atoms in total. The van der Waals surface area contributed by atoms with Crippen LogP contribution in [0.2, 0.25) is 0 Å². The Morgan fingerprint density at radius 1 is 1.26 bits per heavy atom. The zero-order valence-electron chi connectivity index (χ0n) is 13.2. The van der Waals surface area contributed by atoms with Crippen molar-refractivity contribution < 1.29 is 14.2 Å². The molecule has 118 valence electrons. The summed E-state index contributed by atoms with van der Waals surface area (Å²) in [6, 6.07) is 11.6. The molecule has 23 heavy (non-hydrogen) atoms. The van der Waals surface area contributed by atoms with E-state index in [0.717, 1.165) is 32.6 Å². The topological polar surface area (TPSA) is 44.9 Å². The number of aryl methyl sites for hydroxylation is 2. The van der Waals surface area contributed by atoms with Crippen molar-refractivity contribution in [2.75, 3.05) is 12.1 Å². The van der Waals surface area contributed by atoms with Gasteiger partial charge in [-0.05, 0) is 43.2 Å². The Labute approximate surface area is 143 Å². The van der Waals surface area contributed by atoms with Crippen LogP contribution >= 0.6 is 15.9 Å². The Hall–Kier alpha value is -2.21. The molecule has 0 aromatic heterocycles. The van der Waals surface area contributed by atoms with E-state index in [9.17, 15) is 4.79 Å². The summed E-state index contributed by atoms with van der Waals surface area (Å²) in [5.74, 6) is 0.843. The fraction of sp³-hybridized carbons (Fsp3) is 0.235. The van der Waals surface area contributed by atoms with Crippen molar-refractivity contribution in [3.05, 3.63) is 57.6 Å². The van der Waals surface area contributed by atoms with Crippen molar-refractivity contribution in [1.82, 2.24) is 0 Å². The van der Waals surface area contributed by atoms with Gasteiger partial charge in [-0.15, -0.1) is 4.70 Å². The van der Waals surface area contributed by atoms with Gasteiger partial charge in [0.05, 0.1) is 7.05 Å². The first-order valence-electron chi connectivity index (χ1n) is 7.24. The number of amides is 2. The Morgan fingerprint density at radius 3 is 2.74 bits per heavy atom. The van der Waals surface area contributed by atoms with Gasteiger partial charge in [0.15, 0.2) is 0 Å². The summed E-state index contributed by atoms with van der Waals surface area (Å²) in [7, 11) is 1.63. The number of ether oxygens (including phenoxy) is 1. The molecule has 0 unspecified atom stereocenters. The number of carbonyl (C=O) groups excluding carboxylic acids is 1. The van der Waals surface area contributed by atoms with Crippen LogP contribution in [0, 0.1) is 13.8 Å². The average molecular weight is 375 g/mol. The van der Waals surface area contributed by atoms with Crippen molar-refractivity contribution in [2.24, 2.45) is 5.22 Å². The van der Waals surface area contributed by atoms with Crippen LogP contribution in [-0.4, -0.2) is 17.8 Å². The second-order valence-electron chi connectivity index (χ2n) is 5.50. The van der Waals surface area contributed by atoms with Gasteiger partial charge < -0.3 is 4.74 Å². The van der Waals surface area contributed by atoms with E-state index in [2.05, 4.69) is 27.2 Å². The van der Waals surface area contributed by atoms with E-state index in [1.54, 1.807) is 7.05 Å². The normalized spacial score (nSPS) is 13.7. The number of rotatable bonds is 4. The first-order chi connectivity index (χ1) is 11.0. The smallest absolute Gasteiger partial charge is 0.488 e. The van der Waals surface area contributed by atoms with Crippen LogP contribution in [0.3, 0.4) is 0 Å². The zero-order chi connectivity index (χ0) is 16.6. The maximum Gasteiger partial charge on any atom is 0.488 e. The molecule has 0 fully saturated rings. The van der Waals surface area contributed by atoms with Gasteiger partial charge in [-0.3, -0.25) is 0 Å². The standard InChI is InChI=1S/C17H17BrN3O2/c1-11-7-8-12(2)16(9-11)23-10-13-14(18)5-4-6-15(13)21-17(22)20(3)19-21/h4-9H,10H2,1-3H3/q+1. The molecule has 1 aliphatic rings. The van der Waals surface area contributed by atoms with Crippen molar-refractivity contribution in [3.63, 3.8) is 0 Å². The van der Waals surface area contributed by atoms with Gasteiger partial charge >= 0.3 is 6.03 Å². The van der Waals surface area contributed by atoms with Gasteiger partial charge in [-0.25, -0.2) is 4.79 Å². The number of urea groups is 1. The Morgan fingerprint density at radius 2 is 2.04 bits per heavy atom. The van der Waals surface area contributed by atoms with E-state index in [1.165, 1.54) is 9.71 Å². The number of hydrogen-bond donors (Lipinski definition) is 0. The summed E-state index contributed by atoms with van der Waals surface area (Å²) < 4.78 is 8.17. The number of benzene rings is 2. The quantitative estimate of drug-likeness (QED) is 0.734. The number of hydrogen-bond acceptors (Lipinski definition) is 3. The van der Waals surface area contributed by atoms with Gasteiger partial charge in [-0.2, -0.15) is 0 Å². The highest BCUT2D eigenvalue weighted by Crippen LogP contribution is 2.32. The monoisotopic (exact) mass is 374 g/mol. The van der Waals surface area contributed by atoms with E-state index in [0.29, 0.717) is 6.61 Å². The van der Waals surface area contributed by atoms with Crippen molar-refractivity contribution in [2.45, 2.75) is 20.5 Å². The summed E-state index contributed by atoms with van der Waals surface area (Å²) in [5, 5.41) is 5.48. The van der Waals surface area contributed by atoms with Gasteiger partial charge in [0.1, 0.15) is 18.0 Å². The molecular formula is C17H17BrN3O2+. The first-order valence-corrected chi connectivity index (χ1v) is 8.03. The van der Waals surface area contributed by atoms with Crippen LogP contribution < -0.4 is 9.75 Å². The lowest BCUT2D eigenvalue weighted by Gasteiger charge is -2.21. The van der Waals surface area contributed by atoms with E-state index in [4.69, 9.17) is 4.74 Å². The van der Waals surface area contributed by atoms with E-state index in [1.807, 2.05) is 44.2 Å². The van der Waals surface area contributed by atoms with Crippen LogP contribution in [0.1, 0.15) is 16.7 Å². The third kappa shape index (κ3) is 2.99. The molecule has 0 atom stereocenters. The Bertz CT molecular complexity index is 817. The lowest BCUT2D eigenvalue weighted by Crippen LogP contribution is -2.43. The van der Waals surface area contributed by atoms with Crippen LogP contribution in [0.4, 0.5) is 10.5 Å². The molecule has 0 spiro atoms. The largest absolute Gasteiger partial charge is 0.488 e. The Balaban J connectivity index is 1.88. The van der Waals surface area contributed by atoms with E-state index in [-0.39, 0.29) is 6.03 Å². The average Bonchev–Trinajstić information content (AvgIpc) is 2.54. The molecule has 1 aliphatic heterocycles. The summed E-state index contributed by atoms with van der Waals surface area (Å²) in [6.07, 6.45) is 0. The Kier molecular flexibility index (Phi) is 4.17. The predicted octanol–water partition coefficient (Wildman–Crippen LogP) is 4.59. The summed E-state index contributed by atoms with van der Waals surface area (Å²) in [6.45, 7) is 4.40. The highest BCUT2D eigenvalue weighted by atomic mass is 79.9. The van der Waals surface area contributed by atoms with Crippen LogP contribution in [0.5, 0.6) is 5.75 Å². The number of anilines is 1. The number of halogens is 1. The van der Waals surface area contributed by atoms with Crippen molar-refractivity contribution in [3.8, 4) is 5.75 Å². The van der Waals surface area contributed by atoms with E-state index >= 15 is 0 Å². The fourth-order valence-corrected chi connectivity index (χ4v) is 2.83. The molecule has 0 aliphatic carbocycles. The SMILES string of the molecule is Cc1ccc(C)c(OCc2c(Br)cccc2N2N=[N+](C)C2=O)c1. The van der Waals surface area contributed by atoms with Gasteiger partial charge in [-0.1, -0.05) is 39.1 Å². The van der Waals surface area contributed by atoms with E-state index < -0.39 is 0 Å². The highest BCUT2D eigenvalue weighted by molar-refractivity contribution is 9.10. The predicted molar refractivity (Wildman–Crippen MR) is 90.9 cm³/mol. The molecule has 6 heteroatoms. The zero-order valence-corrected chi connectivity index (χ0v) is 14.8. The van der Waals surface area contributed by atoms with Crippen molar-refractivity contribution in [1.29, 1.82) is 0 Å². The molecule has 2 aromatic rings. The molecule has 3 rings (SSSR count). The molecule has 0 bridgehead atoms. The fourth-order valence-electron chi connectivity index (χ4n) is 2.36. The lowest BCUT2D eigenvalue weighted by atomic mass is 10.1. The summed E-state index contributed by atoms with van der Waals surface area (Å²) in [4.78, 5) is 11.9. The van der Waals surface area contributed by atoms with Gasteiger partial charge in [0.25, 0.3) is 0 Å². The van der Waals surface area contributed by atoms with Crippen LogP contribution in [0.15, 0.2) is 46.1 Å². The highest BCUT2D eigenvalue weighted by Gasteiger charge is 2.37. The third-order valence-electron chi connectivity index (χ3n) is 3.72. The molecule has 0 N–H and O–H groups in total. The molecule has 0 radical (unpaired) electrons. The summed E-state index contributed by atoms with van der Waals surface area (Å²) >= 11 is 3.54. The maximum absolute atomic E-state index is 11.9. The molecular weight excluding hydrogens is 358 g/mol. The molecule has 0 saturated heterocycles. The van der Waals surface area contributed by atoms with Crippen LogP contribution in [0.25, 0.3) is 0 Å². The number of carbonyl (C=O) groups is 1. The summed E-state index contributed by atoms with van der Waals surface area (Å²) in [5.41, 5.74) is 3.84. The minimum Gasteiger partial charge on any atom is -0.488 e. The van der Waals surface area contributed by atoms with Crippen molar-refractivity contribution >= 4 is 27.6 Å². The molecule has 2 aromatic carbocycles. The van der Waals surface area contributed by atoms with Gasteiger partial charge in [0.2, 0.25) is 0 Å². The second-order valence-corrected chi connectivity index (χ2v) is 6.36. The second kappa shape index (κ2) is 6.12. The number of nitrogens with zero attached hydrogens (tertiary/aromatic N) is 3. The minimum absolute atomic E-state index is 0.156. The first kappa shape index (κ1) is 15.7.